The average molecular weight is 413 g/mol. The molecule has 2 aromatic carbocycles. The van der Waals surface area contributed by atoms with Gasteiger partial charge in [-0.25, -0.2) is 4.39 Å². The Balaban J connectivity index is 2.10. The molecule has 1 amide bonds. The second kappa shape index (κ2) is 9.31. The number of carbonyl (C=O) groups is 1. The molecule has 0 saturated heterocycles. The minimum absolute atomic E-state index is 0.00754. The first kappa shape index (κ1) is 22.1. The zero-order chi connectivity index (χ0) is 21.6. The molecule has 0 unspecified atom stereocenters. The van der Waals surface area contributed by atoms with E-state index in [4.69, 9.17) is 14.2 Å². The third-order valence-corrected chi connectivity index (χ3v) is 3.87. The van der Waals surface area contributed by atoms with Crippen molar-refractivity contribution >= 4 is 12.0 Å². The number of nitrogens with one attached hydrogen (secondary N) is 1. The largest absolute Gasteiger partial charge is 0.493 e. The van der Waals surface area contributed by atoms with Gasteiger partial charge < -0.3 is 19.5 Å². The van der Waals surface area contributed by atoms with Gasteiger partial charge in [-0.05, 0) is 47.5 Å². The van der Waals surface area contributed by atoms with E-state index in [1.165, 1.54) is 33.5 Å². The second-order valence-electron chi connectivity index (χ2n) is 5.86. The summed E-state index contributed by atoms with van der Waals surface area (Å²) in [5.74, 6) is -0.422. The van der Waals surface area contributed by atoms with Crippen molar-refractivity contribution in [1.29, 1.82) is 0 Å². The summed E-state index contributed by atoms with van der Waals surface area (Å²) in [4.78, 5) is 12.0. The molecule has 0 saturated carbocycles. The zero-order valence-corrected chi connectivity index (χ0v) is 15.9. The van der Waals surface area contributed by atoms with Gasteiger partial charge in [0.05, 0.1) is 26.9 Å². The SMILES string of the molecule is COc1cc(/C=C\C(=O)NCc2cc(F)cc(C(F)(F)F)c2)cc(OC)c1OC. The van der Waals surface area contributed by atoms with Gasteiger partial charge in [0, 0.05) is 12.6 Å². The lowest BCUT2D eigenvalue weighted by molar-refractivity contribution is -0.137. The van der Waals surface area contributed by atoms with Crippen molar-refractivity contribution in [1.82, 2.24) is 5.32 Å². The van der Waals surface area contributed by atoms with E-state index in [1.807, 2.05) is 0 Å². The number of hydrogen-bond donors (Lipinski definition) is 1. The number of ether oxygens (including phenoxy) is 3. The fourth-order valence-corrected chi connectivity index (χ4v) is 2.53. The standard InChI is InChI=1S/C20H19F4NO4/c1-27-16-8-12(9-17(28-2)19(16)29-3)4-5-18(26)25-11-13-6-14(20(22,23)24)10-15(21)7-13/h4-10H,11H2,1-3H3,(H,25,26)/b5-4-. The third-order valence-electron chi connectivity index (χ3n) is 3.87. The minimum atomic E-state index is -4.67. The molecule has 1 N–H and O–H groups in total. The molecule has 0 atom stereocenters. The van der Waals surface area contributed by atoms with Gasteiger partial charge in [0.1, 0.15) is 5.82 Å². The number of amides is 1. The van der Waals surface area contributed by atoms with Crippen LogP contribution in [0.15, 0.2) is 36.4 Å². The van der Waals surface area contributed by atoms with E-state index in [0.29, 0.717) is 28.9 Å². The van der Waals surface area contributed by atoms with E-state index >= 15 is 0 Å². The lowest BCUT2D eigenvalue weighted by atomic mass is 10.1. The predicted octanol–water partition coefficient (Wildman–Crippen LogP) is 4.20. The van der Waals surface area contributed by atoms with Crippen LogP contribution in [0, 0.1) is 5.82 Å². The molecule has 0 aliphatic carbocycles. The van der Waals surface area contributed by atoms with E-state index in [2.05, 4.69) is 5.32 Å². The first-order chi connectivity index (χ1) is 13.7. The Kier molecular flexibility index (Phi) is 7.08. The number of halogens is 4. The number of benzene rings is 2. The van der Waals surface area contributed by atoms with E-state index in [9.17, 15) is 22.4 Å². The maximum Gasteiger partial charge on any atom is 0.416 e. The molecule has 0 bridgehead atoms. The number of alkyl halides is 3. The van der Waals surface area contributed by atoms with Crippen molar-refractivity contribution in [3.63, 3.8) is 0 Å². The normalized spacial score (nSPS) is 11.4. The molecule has 0 spiro atoms. The van der Waals surface area contributed by atoms with Crippen LogP contribution in [0.2, 0.25) is 0 Å². The monoisotopic (exact) mass is 413 g/mol. The Bertz CT molecular complexity index is 885. The quantitative estimate of drug-likeness (QED) is 0.546. The van der Waals surface area contributed by atoms with Gasteiger partial charge in [0.2, 0.25) is 11.7 Å². The number of methoxy groups -OCH3 is 3. The molecule has 0 heterocycles. The summed E-state index contributed by atoms with van der Waals surface area (Å²) in [6.45, 7) is -0.265. The smallest absolute Gasteiger partial charge is 0.416 e. The van der Waals surface area contributed by atoms with Crippen LogP contribution < -0.4 is 19.5 Å². The highest BCUT2D eigenvalue weighted by Gasteiger charge is 2.31. The Morgan fingerprint density at radius 3 is 2.14 bits per heavy atom. The summed E-state index contributed by atoms with van der Waals surface area (Å²) in [6, 6.07) is 5.35. The van der Waals surface area contributed by atoms with Crippen LogP contribution in [0.5, 0.6) is 17.2 Å². The number of carbonyl (C=O) groups excluding carboxylic acids is 1. The highest BCUT2D eigenvalue weighted by molar-refractivity contribution is 5.91. The lowest BCUT2D eigenvalue weighted by Gasteiger charge is -2.12. The maximum atomic E-state index is 13.4. The molecule has 156 valence electrons. The lowest BCUT2D eigenvalue weighted by Crippen LogP contribution is -2.20. The topological polar surface area (TPSA) is 56.8 Å². The predicted molar refractivity (Wildman–Crippen MR) is 98.4 cm³/mol. The summed E-state index contributed by atoms with van der Waals surface area (Å²) < 4.78 is 67.2. The minimum Gasteiger partial charge on any atom is -0.493 e. The van der Waals surface area contributed by atoms with Gasteiger partial charge in [-0.3, -0.25) is 4.79 Å². The van der Waals surface area contributed by atoms with E-state index in [1.54, 1.807) is 12.1 Å². The molecule has 0 fully saturated rings. The Hall–Kier alpha value is -3.23. The molecule has 0 aliphatic heterocycles. The summed E-state index contributed by atoms with van der Waals surface area (Å²) in [5.41, 5.74) is -0.554. The number of rotatable bonds is 7. The van der Waals surface area contributed by atoms with Crippen LogP contribution in [-0.4, -0.2) is 27.2 Å². The maximum absolute atomic E-state index is 13.4. The van der Waals surface area contributed by atoms with Crippen LogP contribution in [0.4, 0.5) is 17.6 Å². The highest BCUT2D eigenvalue weighted by atomic mass is 19.4. The highest BCUT2D eigenvalue weighted by Crippen LogP contribution is 2.38. The van der Waals surface area contributed by atoms with Crippen LogP contribution in [0.1, 0.15) is 16.7 Å². The summed E-state index contributed by atoms with van der Waals surface area (Å²) >= 11 is 0. The fraction of sp³-hybridized carbons (Fsp3) is 0.250. The molecule has 2 rings (SSSR count). The van der Waals surface area contributed by atoms with Crippen molar-refractivity contribution in [2.24, 2.45) is 0 Å². The molecule has 9 heteroatoms. The Morgan fingerprint density at radius 1 is 1.00 bits per heavy atom. The van der Waals surface area contributed by atoms with Gasteiger partial charge in [0.25, 0.3) is 0 Å². The van der Waals surface area contributed by atoms with Gasteiger partial charge >= 0.3 is 6.18 Å². The number of hydrogen-bond acceptors (Lipinski definition) is 4. The van der Waals surface area contributed by atoms with Crippen molar-refractivity contribution in [2.45, 2.75) is 12.7 Å². The Morgan fingerprint density at radius 2 is 1.62 bits per heavy atom. The molecule has 0 aromatic heterocycles. The molecular formula is C20H19F4NO4. The molecular weight excluding hydrogens is 394 g/mol. The second-order valence-corrected chi connectivity index (χ2v) is 5.86. The van der Waals surface area contributed by atoms with E-state index in [0.717, 1.165) is 12.1 Å². The molecule has 29 heavy (non-hydrogen) atoms. The van der Waals surface area contributed by atoms with Gasteiger partial charge in [-0.2, -0.15) is 13.2 Å². The van der Waals surface area contributed by atoms with Gasteiger partial charge in [0.15, 0.2) is 11.5 Å². The van der Waals surface area contributed by atoms with Crippen molar-refractivity contribution in [3.8, 4) is 17.2 Å². The van der Waals surface area contributed by atoms with E-state index in [-0.39, 0.29) is 12.1 Å². The Labute approximate surface area is 164 Å². The van der Waals surface area contributed by atoms with Crippen LogP contribution in [0.3, 0.4) is 0 Å². The van der Waals surface area contributed by atoms with Crippen LogP contribution >= 0.6 is 0 Å². The van der Waals surface area contributed by atoms with Crippen LogP contribution in [0.25, 0.3) is 6.08 Å². The first-order valence-corrected chi connectivity index (χ1v) is 8.30. The van der Waals surface area contributed by atoms with Crippen molar-refractivity contribution in [3.05, 3.63) is 58.9 Å². The van der Waals surface area contributed by atoms with Gasteiger partial charge in [-0.1, -0.05) is 0 Å². The van der Waals surface area contributed by atoms with Crippen molar-refractivity contribution < 1.29 is 36.6 Å². The van der Waals surface area contributed by atoms with E-state index < -0.39 is 23.5 Å². The van der Waals surface area contributed by atoms with Crippen LogP contribution in [-0.2, 0) is 17.5 Å². The summed E-state index contributed by atoms with van der Waals surface area (Å²) in [7, 11) is 4.36. The summed E-state index contributed by atoms with van der Waals surface area (Å²) in [5, 5.41) is 2.41. The third kappa shape index (κ3) is 5.87. The molecule has 0 aliphatic rings. The molecule has 5 nitrogen and oxygen atoms in total. The zero-order valence-electron chi connectivity index (χ0n) is 15.9. The molecule has 2 aromatic rings. The fourth-order valence-electron chi connectivity index (χ4n) is 2.53. The van der Waals surface area contributed by atoms with Gasteiger partial charge in [-0.15, -0.1) is 0 Å². The van der Waals surface area contributed by atoms with Crippen molar-refractivity contribution in [2.75, 3.05) is 21.3 Å². The average Bonchev–Trinajstić information content (AvgIpc) is 2.68. The molecule has 0 radical (unpaired) electrons. The summed E-state index contributed by atoms with van der Waals surface area (Å²) in [6.07, 6.45) is -2.02. The first-order valence-electron chi connectivity index (χ1n) is 8.30.